The molecule has 3 aliphatic rings. The Bertz CT molecular complexity index is 993. The van der Waals surface area contributed by atoms with Gasteiger partial charge in [0.15, 0.2) is 0 Å². The van der Waals surface area contributed by atoms with Crippen molar-refractivity contribution in [1.82, 2.24) is 0 Å². The molecule has 0 unspecified atom stereocenters. The molecule has 4 nitrogen and oxygen atoms in total. The van der Waals surface area contributed by atoms with E-state index in [0.29, 0.717) is 26.4 Å². The smallest absolute Gasteiger partial charge is 0.258 e. The Kier molecular flexibility index (Phi) is 9.16. The molecular weight excluding hydrogens is 624 g/mol. The Labute approximate surface area is 240 Å². The number of hydrogen-bond acceptors (Lipinski definition) is 6. The zero-order chi connectivity index (χ0) is 25.2. The summed E-state index contributed by atoms with van der Waals surface area (Å²) in [5.41, 5.74) is 4.89. The number of ether oxygens (including phenoxy) is 4. The Balaban J connectivity index is 1.53. The molecule has 2 aromatic rings. The molecule has 0 saturated carbocycles. The van der Waals surface area contributed by atoms with E-state index in [2.05, 4.69) is 57.8 Å². The molecule has 0 bridgehead atoms. The standard InChI is InChI=1S/C28H36Br2O4S2/c1-3-5-7-9-11-19-17-21(35-25(19)29)23-24(22-18-20(26(30)36-22)12-10-8-6-4-2)28(33-15-16-34-28)27(23)31-13-14-32-27/h17-18H,3-16H2,1-2H3. The van der Waals surface area contributed by atoms with E-state index in [-0.39, 0.29) is 0 Å². The summed E-state index contributed by atoms with van der Waals surface area (Å²) < 4.78 is 27.9. The fourth-order valence-corrected chi connectivity index (χ4v) is 9.27. The number of aryl methyl sites for hydroxylation is 2. The summed E-state index contributed by atoms with van der Waals surface area (Å²) in [6.07, 6.45) is 12.2. The summed E-state index contributed by atoms with van der Waals surface area (Å²) in [6, 6.07) is 4.66. The van der Waals surface area contributed by atoms with E-state index in [1.54, 1.807) is 22.7 Å². The molecule has 5 rings (SSSR count). The third kappa shape index (κ3) is 4.87. The Morgan fingerprint density at radius 1 is 0.639 bits per heavy atom. The number of rotatable bonds is 12. The number of unbranched alkanes of at least 4 members (excludes halogenated alkanes) is 6. The molecule has 2 fully saturated rings. The van der Waals surface area contributed by atoms with E-state index < -0.39 is 11.6 Å². The molecule has 0 radical (unpaired) electrons. The van der Waals surface area contributed by atoms with Crippen molar-refractivity contribution in [2.75, 3.05) is 26.4 Å². The summed E-state index contributed by atoms with van der Waals surface area (Å²) in [6.45, 7) is 6.67. The van der Waals surface area contributed by atoms with Crippen LogP contribution in [-0.2, 0) is 31.8 Å². The first-order valence-electron chi connectivity index (χ1n) is 13.4. The number of fused-ring (bicyclic) bond motifs is 1. The van der Waals surface area contributed by atoms with Crippen molar-refractivity contribution in [3.05, 3.63) is 40.6 Å². The van der Waals surface area contributed by atoms with Gasteiger partial charge in [0.25, 0.3) is 11.6 Å². The minimum atomic E-state index is -1.000. The van der Waals surface area contributed by atoms with Crippen LogP contribution in [0.3, 0.4) is 0 Å². The van der Waals surface area contributed by atoms with Gasteiger partial charge in [0, 0.05) is 20.9 Å². The quantitative estimate of drug-likeness (QED) is 0.213. The van der Waals surface area contributed by atoms with Crippen molar-refractivity contribution < 1.29 is 18.9 Å². The van der Waals surface area contributed by atoms with Gasteiger partial charge in [0.1, 0.15) is 0 Å². The van der Waals surface area contributed by atoms with E-state index in [4.69, 9.17) is 18.9 Å². The monoisotopic (exact) mass is 658 g/mol. The van der Waals surface area contributed by atoms with Gasteiger partial charge >= 0.3 is 0 Å². The van der Waals surface area contributed by atoms with Crippen molar-refractivity contribution in [1.29, 1.82) is 0 Å². The molecule has 2 spiro atoms. The average Bonchev–Trinajstić information content (AvgIpc) is 3.66. The third-order valence-corrected chi connectivity index (χ3v) is 11.3. The molecule has 0 N–H and O–H groups in total. The largest absolute Gasteiger partial charge is 0.339 e. The van der Waals surface area contributed by atoms with Gasteiger partial charge in [-0.25, -0.2) is 0 Å². The Morgan fingerprint density at radius 2 is 1.03 bits per heavy atom. The molecule has 0 aromatic carbocycles. The summed E-state index contributed by atoms with van der Waals surface area (Å²) in [5, 5.41) is 0. The van der Waals surface area contributed by atoms with Crippen molar-refractivity contribution in [3.8, 4) is 0 Å². The van der Waals surface area contributed by atoms with E-state index in [0.717, 1.165) is 24.0 Å². The van der Waals surface area contributed by atoms with Gasteiger partial charge in [-0.2, -0.15) is 0 Å². The fourth-order valence-electron chi connectivity index (χ4n) is 5.54. The average molecular weight is 661 g/mol. The number of hydrogen-bond donors (Lipinski definition) is 0. The molecule has 8 heteroatoms. The number of thiophene rings is 2. The second-order valence-corrected chi connectivity index (χ2v) is 14.6. The first-order valence-corrected chi connectivity index (χ1v) is 16.7. The Morgan fingerprint density at radius 3 is 1.39 bits per heavy atom. The Hall–Kier alpha value is -0.0600. The van der Waals surface area contributed by atoms with Crippen molar-refractivity contribution in [2.24, 2.45) is 0 Å². The van der Waals surface area contributed by atoms with Crippen LogP contribution >= 0.6 is 54.5 Å². The van der Waals surface area contributed by atoms with Crippen LogP contribution in [0.1, 0.15) is 86.1 Å². The second kappa shape index (κ2) is 12.0. The predicted molar refractivity (Wildman–Crippen MR) is 156 cm³/mol. The van der Waals surface area contributed by atoms with E-state index in [9.17, 15) is 0 Å². The maximum absolute atomic E-state index is 6.38. The topological polar surface area (TPSA) is 36.9 Å². The van der Waals surface area contributed by atoms with Crippen LogP contribution in [0.15, 0.2) is 19.7 Å². The lowest BCUT2D eigenvalue weighted by Crippen LogP contribution is -2.64. The van der Waals surface area contributed by atoms with Crippen molar-refractivity contribution >= 4 is 65.7 Å². The van der Waals surface area contributed by atoms with Crippen LogP contribution in [0.4, 0.5) is 0 Å². The first kappa shape index (κ1) is 27.5. The van der Waals surface area contributed by atoms with Crippen LogP contribution in [0.2, 0.25) is 0 Å². The molecule has 2 saturated heterocycles. The van der Waals surface area contributed by atoms with Crippen molar-refractivity contribution in [2.45, 2.75) is 89.6 Å². The van der Waals surface area contributed by atoms with Gasteiger partial charge in [-0.15, -0.1) is 22.7 Å². The highest BCUT2D eigenvalue weighted by Gasteiger charge is 2.74. The van der Waals surface area contributed by atoms with E-state index in [1.807, 2.05) is 0 Å². The summed E-state index contributed by atoms with van der Waals surface area (Å²) in [7, 11) is 0. The van der Waals surface area contributed by atoms with E-state index in [1.165, 1.54) is 79.8 Å². The lowest BCUT2D eigenvalue weighted by atomic mass is 9.73. The zero-order valence-corrected chi connectivity index (χ0v) is 26.1. The molecule has 2 aromatic heterocycles. The summed E-state index contributed by atoms with van der Waals surface area (Å²) in [4.78, 5) is 2.37. The second-order valence-electron chi connectivity index (χ2n) is 9.82. The SMILES string of the molecule is CCCCCCc1cc(C2=C(c3cc(CCCCCC)c(Br)s3)C3(OCCO3)C23OCCO3)sc1Br. The van der Waals surface area contributed by atoms with Gasteiger partial charge in [0.05, 0.1) is 34.0 Å². The molecule has 198 valence electrons. The van der Waals surface area contributed by atoms with Crippen LogP contribution in [-0.4, -0.2) is 38.0 Å². The van der Waals surface area contributed by atoms with E-state index >= 15 is 0 Å². The maximum atomic E-state index is 6.38. The summed E-state index contributed by atoms with van der Waals surface area (Å²) >= 11 is 11.3. The third-order valence-electron chi connectivity index (χ3n) is 7.34. The highest BCUT2D eigenvalue weighted by molar-refractivity contribution is 9.11. The zero-order valence-electron chi connectivity index (χ0n) is 21.3. The fraction of sp³-hybridized carbons (Fsp3) is 0.643. The highest BCUT2D eigenvalue weighted by Crippen LogP contribution is 2.66. The molecule has 36 heavy (non-hydrogen) atoms. The molecule has 0 amide bonds. The normalized spacial score (nSPS) is 20.2. The minimum Gasteiger partial charge on any atom is -0.339 e. The minimum absolute atomic E-state index is 0.540. The first-order chi connectivity index (χ1) is 17.6. The van der Waals surface area contributed by atoms with Gasteiger partial charge in [0.2, 0.25) is 0 Å². The lowest BCUT2D eigenvalue weighted by molar-refractivity contribution is -0.300. The van der Waals surface area contributed by atoms with Crippen LogP contribution in [0, 0.1) is 0 Å². The maximum Gasteiger partial charge on any atom is 0.258 e. The van der Waals surface area contributed by atoms with Gasteiger partial charge in [-0.3, -0.25) is 0 Å². The van der Waals surface area contributed by atoms with Gasteiger partial charge < -0.3 is 18.9 Å². The number of halogens is 2. The van der Waals surface area contributed by atoms with Gasteiger partial charge in [-0.1, -0.05) is 52.4 Å². The highest BCUT2D eigenvalue weighted by atomic mass is 79.9. The lowest BCUT2D eigenvalue weighted by Gasteiger charge is -2.53. The van der Waals surface area contributed by atoms with Gasteiger partial charge in [-0.05, 0) is 80.8 Å². The molecular formula is C28H36Br2O4S2. The predicted octanol–water partition coefficient (Wildman–Crippen LogP) is 8.99. The summed E-state index contributed by atoms with van der Waals surface area (Å²) in [5.74, 6) is -2.00. The molecule has 2 aliphatic heterocycles. The molecule has 0 atom stereocenters. The van der Waals surface area contributed by atoms with Crippen LogP contribution < -0.4 is 0 Å². The van der Waals surface area contributed by atoms with Crippen LogP contribution in [0.25, 0.3) is 11.1 Å². The van der Waals surface area contributed by atoms with Crippen molar-refractivity contribution in [3.63, 3.8) is 0 Å². The molecule has 1 aliphatic carbocycles. The molecule has 4 heterocycles. The van der Waals surface area contributed by atoms with Crippen LogP contribution in [0.5, 0.6) is 0 Å².